The zero-order chi connectivity index (χ0) is 20.1. The molecule has 8 heteroatoms. The number of fused-ring (bicyclic) bond motifs is 2. The van der Waals surface area contributed by atoms with Gasteiger partial charge in [-0.3, -0.25) is 14.3 Å². The van der Waals surface area contributed by atoms with Crippen LogP contribution in [0.2, 0.25) is 5.02 Å². The first-order valence-corrected chi connectivity index (χ1v) is 9.96. The minimum atomic E-state index is -0.303. The van der Waals surface area contributed by atoms with Crippen LogP contribution < -0.4 is 10.5 Å². The van der Waals surface area contributed by atoms with Gasteiger partial charge in [-0.1, -0.05) is 42.0 Å². The average molecular weight is 422 g/mol. The summed E-state index contributed by atoms with van der Waals surface area (Å²) in [5.41, 5.74) is 3.08. The molecule has 3 heterocycles. The lowest BCUT2D eigenvalue weighted by molar-refractivity contribution is 0.739. The summed E-state index contributed by atoms with van der Waals surface area (Å²) in [5.74, 6) is 0.478. The summed E-state index contributed by atoms with van der Waals surface area (Å²) in [4.78, 5) is 27.0. The van der Waals surface area contributed by atoms with Crippen molar-refractivity contribution in [1.29, 1.82) is 0 Å². The molecule has 0 aliphatic carbocycles. The molecule has 1 atom stereocenters. The van der Waals surface area contributed by atoms with Gasteiger partial charge < -0.3 is 4.90 Å². The lowest BCUT2D eigenvalue weighted by Gasteiger charge is -2.23. The van der Waals surface area contributed by atoms with E-state index >= 15 is 0 Å². The molecule has 6 nitrogen and oxygen atoms in total. The maximum Gasteiger partial charge on any atom is 0.264 e. The van der Waals surface area contributed by atoms with Crippen molar-refractivity contribution in [3.05, 3.63) is 80.4 Å². The van der Waals surface area contributed by atoms with Crippen molar-refractivity contribution in [2.45, 2.75) is 19.4 Å². The fraction of sp³-hybridized carbons (Fsp3) is 0.143. The summed E-state index contributed by atoms with van der Waals surface area (Å²) >= 11 is 11.5. The highest BCUT2D eigenvalue weighted by molar-refractivity contribution is 7.71. The highest BCUT2D eigenvalue weighted by Crippen LogP contribution is 2.36. The largest absolute Gasteiger partial charge is 0.309 e. The molecule has 1 aliphatic rings. The Morgan fingerprint density at radius 2 is 1.93 bits per heavy atom. The summed E-state index contributed by atoms with van der Waals surface area (Å²) in [6.07, 6.45) is 2.48. The molecule has 1 N–H and O–H groups in total. The predicted octanol–water partition coefficient (Wildman–Crippen LogP) is 4.57. The van der Waals surface area contributed by atoms with E-state index < -0.39 is 0 Å². The molecule has 5 rings (SSSR count). The second-order valence-corrected chi connectivity index (χ2v) is 7.86. The topological polar surface area (TPSA) is 66.8 Å². The number of aromatic amines is 1. The van der Waals surface area contributed by atoms with E-state index in [0.29, 0.717) is 26.6 Å². The van der Waals surface area contributed by atoms with Crippen LogP contribution in [0.5, 0.6) is 0 Å². The van der Waals surface area contributed by atoms with Crippen LogP contribution in [0, 0.1) is 4.64 Å². The molecule has 0 saturated carbocycles. The number of halogens is 1. The van der Waals surface area contributed by atoms with Crippen LogP contribution in [0.4, 0.5) is 11.6 Å². The van der Waals surface area contributed by atoms with Crippen molar-refractivity contribution < 1.29 is 0 Å². The third-order valence-electron chi connectivity index (χ3n) is 5.16. The fourth-order valence-corrected chi connectivity index (χ4v) is 4.27. The molecule has 0 unspecified atom stereocenters. The van der Waals surface area contributed by atoms with Gasteiger partial charge in [-0.05, 0) is 49.2 Å². The zero-order valence-electron chi connectivity index (χ0n) is 15.5. The van der Waals surface area contributed by atoms with Crippen molar-refractivity contribution in [3.8, 4) is 5.69 Å². The number of hydrogen-bond donors (Lipinski definition) is 1. The molecule has 0 radical (unpaired) electrons. The first-order valence-electron chi connectivity index (χ1n) is 9.17. The van der Waals surface area contributed by atoms with Gasteiger partial charge in [-0.25, -0.2) is 4.98 Å². The third kappa shape index (κ3) is 2.94. The molecular weight excluding hydrogens is 406 g/mol. The first-order chi connectivity index (χ1) is 14.0. The van der Waals surface area contributed by atoms with Crippen molar-refractivity contribution in [3.63, 3.8) is 0 Å². The Balaban J connectivity index is 1.67. The van der Waals surface area contributed by atoms with E-state index in [0.717, 1.165) is 17.8 Å². The number of rotatable bonds is 2. The van der Waals surface area contributed by atoms with Crippen molar-refractivity contribution in [2.75, 3.05) is 4.90 Å². The van der Waals surface area contributed by atoms with Crippen molar-refractivity contribution in [1.82, 2.24) is 19.5 Å². The van der Waals surface area contributed by atoms with Crippen molar-refractivity contribution in [2.24, 2.45) is 0 Å². The van der Waals surface area contributed by atoms with E-state index in [1.807, 2.05) is 35.2 Å². The number of H-pyrrole nitrogens is 1. The zero-order valence-corrected chi connectivity index (χ0v) is 17.0. The third-order valence-corrected chi connectivity index (χ3v) is 5.81. The Hall–Kier alpha value is -3.03. The van der Waals surface area contributed by atoms with Crippen LogP contribution in [0.25, 0.3) is 16.7 Å². The van der Waals surface area contributed by atoms with Crippen LogP contribution in [-0.2, 0) is 6.42 Å². The molecule has 0 bridgehead atoms. The molecule has 0 spiro atoms. The molecule has 0 fully saturated rings. The second kappa shape index (κ2) is 6.79. The Morgan fingerprint density at radius 3 is 2.72 bits per heavy atom. The van der Waals surface area contributed by atoms with E-state index in [-0.39, 0.29) is 11.6 Å². The fourth-order valence-electron chi connectivity index (χ4n) is 3.81. The SMILES string of the molecule is C[C@H]1Cc2ccccc2N1c1nc2ncn(-c3ccc(Cl)cc3)c(=S)c2c(=O)[nH]1. The molecule has 2 aromatic heterocycles. The van der Waals surface area contributed by atoms with Crippen LogP contribution in [0.15, 0.2) is 59.7 Å². The summed E-state index contributed by atoms with van der Waals surface area (Å²) in [6.45, 7) is 2.11. The van der Waals surface area contributed by atoms with Gasteiger partial charge in [0.2, 0.25) is 5.95 Å². The highest BCUT2D eigenvalue weighted by atomic mass is 35.5. The minimum Gasteiger partial charge on any atom is -0.309 e. The standard InChI is InChI=1S/C21H16ClN5OS/c1-12-10-13-4-2-3-5-16(13)27(12)21-24-18-17(19(28)25-21)20(29)26(11-23-18)15-8-6-14(22)7-9-15/h2-9,11-12H,10H2,1H3,(H,24,25,28)/t12-/m0/s1. The number of nitrogens with one attached hydrogen (secondary N) is 1. The van der Waals surface area contributed by atoms with Crippen molar-refractivity contribution >= 4 is 46.5 Å². The summed E-state index contributed by atoms with van der Waals surface area (Å²) in [6, 6.07) is 15.5. The first kappa shape index (κ1) is 18.0. The van der Waals surface area contributed by atoms with Gasteiger partial charge in [0.25, 0.3) is 5.56 Å². The number of para-hydroxylation sites is 1. The highest BCUT2D eigenvalue weighted by Gasteiger charge is 2.29. The molecule has 4 aromatic rings. The van der Waals surface area contributed by atoms with Gasteiger partial charge in [0.15, 0.2) is 5.65 Å². The lowest BCUT2D eigenvalue weighted by Crippen LogP contribution is -2.28. The summed E-state index contributed by atoms with van der Waals surface area (Å²) in [7, 11) is 0. The Kier molecular flexibility index (Phi) is 4.22. The molecule has 0 amide bonds. The summed E-state index contributed by atoms with van der Waals surface area (Å²) in [5, 5.41) is 0.916. The maximum atomic E-state index is 13.0. The normalized spacial score (nSPS) is 15.7. The second-order valence-electron chi connectivity index (χ2n) is 7.04. The van der Waals surface area contributed by atoms with Crippen LogP contribution in [0.3, 0.4) is 0 Å². The molecule has 144 valence electrons. The number of benzene rings is 2. The Bertz CT molecular complexity index is 1360. The molecular formula is C21H16ClN5OS. The molecule has 1 aliphatic heterocycles. The number of hydrogen-bond acceptors (Lipinski definition) is 5. The molecule has 2 aromatic carbocycles. The van der Waals surface area contributed by atoms with Gasteiger partial charge in [0.1, 0.15) is 16.4 Å². The van der Waals surface area contributed by atoms with Gasteiger partial charge in [0.05, 0.1) is 0 Å². The van der Waals surface area contributed by atoms with Gasteiger partial charge in [-0.15, -0.1) is 0 Å². The minimum absolute atomic E-state index is 0.179. The average Bonchev–Trinajstić information content (AvgIpc) is 3.04. The van der Waals surface area contributed by atoms with Gasteiger partial charge in [0, 0.05) is 22.4 Å². The smallest absolute Gasteiger partial charge is 0.264 e. The predicted molar refractivity (Wildman–Crippen MR) is 117 cm³/mol. The van der Waals surface area contributed by atoms with E-state index in [2.05, 4.69) is 27.9 Å². The summed E-state index contributed by atoms with van der Waals surface area (Å²) < 4.78 is 2.03. The van der Waals surface area contributed by atoms with E-state index in [9.17, 15) is 4.79 Å². The molecule has 0 saturated heterocycles. The lowest BCUT2D eigenvalue weighted by atomic mass is 10.1. The van der Waals surface area contributed by atoms with E-state index in [1.165, 1.54) is 5.56 Å². The molecule has 29 heavy (non-hydrogen) atoms. The van der Waals surface area contributed by atoms with Gasteiger partial charge >= 0.3 is 0 Å². The van der Waals surface area contributed by atoms with Gasteiger partial charge in [-0.2, -0.15) is 4.98 Å². The monoisotopic (exact) mass is 421 g/mol. The Morgan fingerprint density at radius 1 is 1.17 bits per heavy atom. The van der Waals surface area contributed by atoms with E-state index in [1.54, 1.807) is 23.0 Å². The van der Waals surface area contributed by atoms with Crippen LogP contribution >= 0.6 is 23.8 Å². The van der Waals surface area contributed by atoms with Crippen LogP contribution in [0.1, 0.15) is 12.5 Å². The number of aromatic nitrogens is 4. The van der Waals surface area contributed by atoms with Crippen LogP contribution in [-0.4, -0.2) is 25.6 Å². The quantitative estimate of drug-likeness (QED) is 0.480. The number of anilines is 2. The van der Waals surface area contributed by atoms with E-state index in [4.69, 9.17) is 23.8 Å². The maximum absolute atomic E-state index is 13.0. The number of nitrogens with zero attached hydrogens (tertiary/aromatic N) is 4. The Labute approximate surface area is 176 Å².